The Morgan fingerprint density at radius 2 is 2.03 bits per heavy atom. The van der Waals surface area contributed by atoms with Gasteiger partial charge in [0.2, 0.25) is 17.3 Å². The van der Waals surface area contributed by atoms with Crippen LogP contribution in [0.3, 0.4) is 0 Å². The van der Waals surface area contributed by atoms with Crippen LogP contribution in [0.15, 0.2) is 55.1 Å². The molecule has 4 aromatic rings. The smallest absolute Gasteiger partial charge is 0.363 e. The maximum atomic E-state index is 12.4. The van der Waals surface area contributed by atoms with Crippen molar-refractivity contribution in [3.8, 4) is 11.4 Å². The van der Waals surface area contributed by atoms with Crippen LogP contribution < -0.4 is 0 Å². The molecular formula is C21H19N5O4. The topological polar surface area (TPSA) is 112 Å². The van der Waals surface area contributed by atoms with Crippen LogP contribution in [0.2, 0.25) is 0 Å². The van der Waals surface area contributed by atoms with Crippen LogP contribution in [-0.2, 0) is 4.74 Å². The average molecular weight is 405 g/mol. The molecule has 3 heterocycles. The second-order valence-electron chi connectivity index (χ2n) is 6.99. The molecule has 9 heteroatoms. The van der Waals surface area contributed by atoms with E-state index in [9.17, 15) is 14.7 Å². The molecule has 0 saturated heterocycles. The van der Waals surface area contributed by atoms with Crippen LogP contribution in [0.5, 0.6) is 5.75 Å². The third-order valence-corrected chi connectivity index (χ3v) is 4.60. The quantitative estimate of drug-likeness (QED) is 0.388. The fourth-order valence-electron chi connectivity index (χ4n) is 2.98. The Balaban J connectivity index is 1.49. The summed E-state index contributed by atoms with van der Waals surface area (Å²) in [6.45, 7) is 3.62. The molecular weight excluding hydrogens is 386 g/mol. The highest BCUT2D eigenvalue weighted by Crippen LogP contribution is 2.22. The van der Waals surface area contributed by atoms with Gasteiger partial charge in [-0.2, -0.15) is 5.10 Å². The van der Waals surface area contributed by atoms with E-state index in [1.54, 1.807) is 18.5 Å². The van der Waals surface area contributed by atoms with E-state index in [-0.39, 0.29) is 17.1 Å². The van der Waals surface area contributed by atoms with Crippen molar-refractivity contribution >= 4 is 17.5 Å². The standard InChI is InChI=1S/C21H19N5O4/c1-13(2)14-5-3-6-15(9-14)26-11-17(27)19(24-26)20(29)30-12-18(28)16-10-23-21-22-7-4-8-25(16)21/h3-11,13,27H,12H2,1-2H3. The second-order valence-corrected chi connectivity index (χ2v) is 6.99. The number of aromatic nitrogens is 5. The minimum Gasteiger partial charge on any atom is -0.504 e. The molecule has 4 rings (SSSR count). The molecule has 3 aromatic heterocycles. The Morgan fingerprint density at radius 1 is 1.20 bits per heavy atom. The van der Waals surface area contributed by atoms with Gasteiger partial charge in [-0.3, -0.25) is 9.20 Å². The van der Waals surface area contributed by atoms with Crippen LogP contribution in [0.1, 0.15) is 46.3 Å². The van der Waals surface area contributed by atoms with Crippen LogP contribution >= 0.6 is 0 Å². The van der Waals surface area contributed by atoms with E-state index < -0.39 is 18.4 Å². The number of hydrogen-bond donors (Lipinski definition) is 1. The number of benzene rings is 1. The lowest BCUT2D eigenvalue weighted by Crippen LogP contribution is -2.16. The van der Waals surface area contributed by atoms with Gasteiger partial charge in [0, 0.05) is 12.4 Å². The van der Waals surface area contributed by atoms with Gasteiger partial charge in [-0.05, 0) is 29.7 Å². The number of Topliss-reactive ketones (excluding diaryl/α,β-unsaturated/α-hetero) is 1. The lowest BCUT2D eigenvalue weighted by molar-refractivity contribution is 0.0464. The number of carbonyl (C=O) groups is 2. The summed E-state index contributed by atoms with van der Waals surface area (Å²) in [4.78, 5) is 32.9. The molecule has 0 aliphatic carbocycles. The molecule has 152 valence electrons. The summed E-state index contributed by atoms with van der Waals surface area (Å²) in [5, 5.41) is 14.3. The lowest BCUT2D eigenvalue weighted by atomic mass is 10.0. The van der Waals surface area contributed by atoms with E-state index in [1.807, 2.05) is 24.3 Å². The molecule has 0 aliphatic rings. The molecule has 0 atom stereocenters. The van der Waals surface area contributed by atoms with Gasteiger partial charge >= 0.3 is 5.97 Å². The van der Waals surface area contributed by atoms with Crippen molar-refractivity contribution < 1.29 is 19.4 Å². The predicted molar refractivity (Wildman–Crippen MR) is 107 cm³/mol. The summed E-state index contributed by atoms with van der Waals surface area (Å²) in [7, 11) is 0. The molecule has 0 spiro atoms. The van der Waals surface area contributed by atoms with Gasteiger partial charge in [0.05, 0.1) is 18.1 Å². The van der Waals surface area contributed by atoms with Crippen molar-refractivity contribution in [3.05, 3.63) is 72.1 Å². The largest absolute Gasteiger partial charge is 0.504 e. The van der Waals surface area contributed by atoms with E-state index in [0.29, 0.717) is 17.4 Å². The Kier molecular flexibility index (Phi) is 5.01. The van der Waals surface area contributed by atoms with Gasteiger partial charge in [-0.1, -0.05) is 26.0 Å². The first kappa shape index (κ1) is 19.3. The molecule has 1 aromatic carbocycles. The van der Waals surface area contributed by atoms with Crippen molar-refractivity contribution in [2.24, 2.45) is 0 Å². The number of rotatable bonds is 6. The molecule has 0 aliphatic heterocycles. The second kappa shape index (κ2) is 7.78. The zero-order valence-electron chi connectivity index (χ0n) is 16.4. The summed E-state index contributed by atoms with van der Waals surface area (Å²) in [6.07, 6.45) is 5.90. The molecule has 0 saturated carbocycles. The van der Waals surface area contributed by atoms with Crippen molar-refractivity contribution in [1.29, 1.82) is 0 Å². The number of fused-ring (bicyclic) bond motifs is 1. The third-order valence-electron chi connectivity index (χ3n) is 4.60. The van der Waals surface area contributed by atoms with E-state index in [4.69, 9.17) is 4.74 Å². The highest BCUT2D eigenvalue weighted by molar-refractivity contribution is 5.98. The maximum absolute atomic E-state index is 12.4. The molecule has 0 bridgehead atoms. The zero-order chi connectivity index (χ0) is 21.3. The van der Waals surface area contributed by atoms with Crippen molar-refractivity contribution in [2.45, 2.75) is 19.8 Å². The van der Waals surface area contributed by atoms with Gasteiger partial charge in [0.25, 0.3) is 0 Å². The van der Waals surface area contributed by atoms with Crippen molar-refractivity contribution in [3.63, 3.8) is 0 Å². The fraction of sp³-hybridized carbons (Fsp3) is 0.190. The van der Waals surface area contributed by atoms with Crippen molar-refractivity contribution in [2.75, 3.05) is 6.61 Å². The molecule has 0 amide bonds. The predicted octanol–water partition coefficient (Wildman–Crippen LogP) is 2.78. The Morgan fingerprint density at radius 3 is 2.83 bits per heavy atom. The zero-order valence-corrected chi connectivity index (χ0v) is 16.4. The van der Waals surface area contributed by atoms with E-state index in [1.165, 1.54) is 21.5 Å². The monoisotopic (exact) mass is 405 g/mol. The molecule has 9 nitrogen and oxygen atoms in total. The van der Waals surface area contributed by atoms with Crippen LogP contribution in [-0.4, -0.2) is 47.6 Å². The van der Waals surface area contributed by atoms with E-state index in [0.717, 1.165) is 5.56 Å². The first-order valence-electron chi connectivity index (χ1n) is 9.31. The highest BCUT2D eigenvalue weighted by Gasteiger charge is 2.21. The van der Waals surface area contributed by atoms with Crippen LogP contribution in [0.4, 0.5) is 0 Å². The average Bonchev–Trinajstić information content (AvgIpc) is 3.35. The lowest BCUT2D eigenvalue weighted by Gasteiger charge is -2.07. The van der Waals surface area contributed by atoms with Gasteiger partial charge in [0.15, 0.2) is 12.4 Å². The van der Waals surface area contributed by atoms with Crippen LogP contribution in [0.25, 0.3) is 11.5 Å². The van der Waals surface area contributed by atoms with Gasteiger partial charge in [0.1, 0.15) is 5.69 Å². The number of carbonyl (C=O) groups excluding carboxylic acids is 2. The summed E-state index contributed by atoms with van der Waals surface area (Å²) >= 11 is 0. The Hall–Kier alpha value is -4.01. The first-order chi connectivity index (χ1) is 14.4. The summed E-state index contributed by atoms with van der Waals surface area (Å²) < 4.78 is 7.97. The summed E-state index contributed by atoms with van der Waals surface area (Å²) in [5.41, 5.74) is 1.77. The molecule has 1 N–H and O–H groups in total. The summed E-state index contributed by atoms with van der Waals surface area (Å²) in [6, 6.07) is 9.28. The number of imidazole rings is 1. The minimum absolute atomic E-state index is 0.242. The molecule has 0 radical (unpaired) electrons. The van der Waals surface area contributed by atoms with Gasteiger partial charge in [-0.15, -0.1) is 0 Å². The fourth-order valence-corrected chi connectivity index (χ4v) is 2.98. The number of hydrogen-bond acceptors (Lipinski definition) is 7. The van der Waals surface area contributed by atoms with Crippen molar-refractivity contribution in [1.82, 2.24) is 24.1 Å². The number of ether oxygens (including phenoxy) is 1. The minimum atomic E-state index is -0.897. The molecule has 0 fully saturated rings. The number of ketones is 1. The number of esters is 1. The van der Waals surface area contributed by atoms with Crippen LogP contribution in [0, 0.1) is 0 Å². The van der Waals surface area contributed by atoms with Gasteiger partial charge in [-0.25, -0.2) is 19.4 Å². The summed E-state index contributed by atoms with van der Waals surface area (Å²) in [5.74, 6) is -0.994. The van der Waals surface area contributed by atoms with Gasteiger partial charge < -0.3 is 9.84 Å². The molecule has 30 heavy (non-hydrogen) atoms. The normalized spacial score (nSPS) is 11.2. The number of nitrogens with zero attached hydrogens (tertiary/aromatic N) is 5. The maximum Gasteiger partial charge on any atom is 0.363 e. The number of aromatic hydroxyl groups is 1. The van der Waals surface area contributed by atoms with E-state index in [2.05, 4.69) is 28.9 Å². The SMILES string of the molecule is CC(C)c1cccc(-n2cc(O)c(C(=O)OCC(=O)c3cnc4ncccn34)n2)c1. The van der Waals surface area contributed by atoms with E-state index >= 15 is 0 Å². The Labute approximate surface area is 171 Å². The Bertz CT molecular complexity index is 1240. The molecule has 0 unspecified atom stereocenters. The highest BCUT2D eigenvalue weighted by atomic mass is 16.5. The third kappa shape index (κ3) is 3.64. The first-order valence-corrected chi connectivity index (χ1v) is 9.31.